The van der Waals surface area contributed by atoms with E-state index in [4.69, 9.17) is 4.74 Å². The smallest absolute Gasteiger partial charge is 0.0957 e. The molecule has 1 aromatic heterocycles. The first kappa shape index (κ1) is 12.6. The lowest BCUT2D eigenvalue weighted by molar-refractivity contribution is -0.0765. The summed E-state index contributed by atoms with van der Waals surface area (Å²) < 4.78 is 5.24. The molecule has 86 valence electrons. The molecule has 0 aliphatic carbocycles. The molecule has 1 N–H and O–H groups in total. The molecule has 0 radical (unpaired) electrons. The van der Waals surface area contributed by atoms with Gasteiger partial charge in [0.05, 0.1) is 22.4 Å². The average Bonchev–Trinajstić information content (AvgIpc) is 2.46. The predicted molar refractivity (Wildman–Crippen MR) is 62.4 cm³/mol. The highest BCUT2D eigenvalue weighted by Crippen LogP contribution is 2.22. The molecule has 1 atom stereocenters. The van der Waals surface area contributed by atoms with Gasteiger partial charge in [-0.3, -0.25) is 0 Å². The third-order valence-electron chi connectivity index (χ3n) is 2.77. The van der Waals surface area contributed by atoms with Gasteiger partial charge in [0, 0.05) is 18.4 Å². The Morgan fingerprint density at radius 3 is 2.47 bits per heavy atom. The molecule has 1 rings (SSSR count). The van der Waals surface area contributed by atoms with E-state index in [-0.39, 0.29) is 0 Å². The van der Waals surface area contributed by atoms with Gasteiger partial charge in [-0.05, 0) is 27.7 Å². The second-order valence-corrected chi connectivity index (χ2v) is 5.56. The molecule has 1 unspecified atom stereocenters. The largest absolute Gasteiger partial charge is 0.390 e. The monoisotopic (exact) mass is 229 g/mol. The molecule has 1 heterocycles. The van der Waals surface area contributed by atoms with Gasteiger partial charge < -0.3 is 9.84 Å². The van der Waals surface area contributed by atoms with Crippen LogP contribution in [0.1, 0.15) is 29.4 Å². The summed E-state index contributed by atoms with van der Waals surface area (Å²) in [5, 5.41) is 10.9. The number of rotatable bonds is 4. The zero-order chi connectivity index (χ0) is 11.6. The van der Waals surface area contributed by atoms with Crippen molar-refractivity contribution in [1.29, 1.82) is 0 Å². The molecule has 15 heavy (non-hydrogen) atoms. The van der Waals surface area contributed by atoms with Gasteiger partial charge in [0.2, 0.25) is 0 Å². The van der Waals surface area contributed by atoms with Crippen LogP contribution in [0.15, 0.2) is 0 Å². The van der Waals surface area contributed by atoms with Crippen molar-refractivity contribution in [1.82, 2.24) is 4.98 Å². The van der Waals surface area contributed by atoms with Crippen molar-refractivity contribution in [3.05, 3.63) is 15.6 Å². The molecule has 0 spiro atoms. The number of hydrogen-bond donors (Lipinski definition) is 1. The number of methoxy groups -OCH3 is 1. The number of nitrogens with zero attached hydrogens (tertiary/aromatic N) is 1. The molecule has 0 saturated carbocycles. The summed E-state index contributed by atoms with van der Waals surface area (Å²) in [4.78, 5) is 5.62. The van der Waals surface area contributed by atoms with Crippen LogP contribution in [-0.2, 0) is 11.2 Å². The second-order valence-electron chi connectivity index (χ2n) is 4.28. The van der Waals surface area contributed by atoms with E-state index in [1.165, 1.54) is 4.88 Å². The first-order valence-electron chi connectivity index (χ1n) is 5.03. The van der Waals surface area contributed by atoms with Crippen molar-refractivity contribution in [2.45, 2.75) is 45.8 Å². The summed E-state index contributed by atoms with van der Waals surface area (Å²) >= 11 is 1.64. The number of aliphatic hydroxyl groups is 1. The number of aryl methyl sites for hydroxylation is 2. The van der Waals surface area contributed by atoms with E-state index >= 15 is 0 Å². The highest BCUT2D eigenvalue weighted by Gasteiger charge is 2.28. The molecule has 0 saturated heterocycles. The Morgan fingerprint density at radius 1 is 1.47 bits per heavy atom. The fourth-order valence-electron chi connectivity index (χ4n) is 1.17. The quantitative estimate of drug-likeness (QED) is 0.859. The van der Waals surface area contributed by atoms with Crippen molar-refractivity contribution in [2.24, 2.45) is 0 Å². The molecule has 4 heteroatoms. The van der Waals surface area contributed by atoms with Crippen molar-refractivity contribution in [2.75, 3.05) is 7.11 Å². The fraction of sp³-hybridized carbons (Fsp3) is 0.727. The summed E-state index contributed by atoms with van der Waals surface area (Å²) in [6.07, 6.45) is 0.0349. The summed E-state index contributed by atoms with van der Waals surface area (Å²) in [6, 6.07) is 0. The van der Waals surface area contributed by atoms with Crippen molar-refractivity contribution < 1.29 is 9.84 Å². The molecule has 0 aliphatic heterocycles. The normalized spacial score (nSPS) is 14.3. The first-order valence-corrected chi connectivity index (χ1v) is 5.84. The van der Waals surface area contributed by atoms with Gasteiger partial charge in [0.15, 0.2) is 0 Å². The van der Waals surface area contributed by atoms with E-state index in [0.717, 1.165) is 10.7 Å². The molecular formula is C11H19NO2S. The Balaban J connectivity index is 2.70. The van der Waals surface area contributed by atoms with Crippen LogP contribution in [0.4, 0.5) is 0 Å². The lowest BCUT2D eigenvalue weighted by Crippen LogP contribution is -2.39. The van der Waals surface area contributed by atoms with E-state index in [9.17, 15) is 5.11 Å². The molecule has 0 aromatic carbocycles. The van der Waals surface area contributed by atoms with Crippen molar-refractivity contribution in [3.63, 3.8) is 0 Å². The van der Waals surface area contributed by atoms with E-state index in [2.05, 4.69) is 4.98 Å². The molecular weight excluding hydrogens is 210 g/mol. The fourth-order valence-corrected chi connectivity index (χ4v) is 2.14. The van der Waals surface area contributed by atoms with Gasteiger partial charge in [-0.1, -0.05) is 0 Å². The summed E-state index contributed by atoms with van der Waals surface area (Å²) in [5.41, 5.74) is 0.533. The maximum absolute atomic E-state index is 9.97. The van der Waals surface area contributed by atoms with E-state index < -0.39 is 11.7 Å². The standard InChI is InChI=1S/C11H19NO2S/c1-7-8(2)15-10(12-7)6-9(13)11(3,4)14-5/h9,13H,6H2,1-5H3. The molecule has 0 aliphatic rings. The molecule has 3 nitrogen and oxygen atoms in total. The predicted octanol–water partition coefficient (Wildman–Crippen LogP) is 2.09. The highest BCUT2D eigenvalue weighted by molar-refractivity contribution is 7.11. The van der Waals surface area contributed by atoms with Crippen LogP contribution in [0.2, 0.25) is 0 Å². The van der Waals surface area contributed by atoms with E-state index in [0.29, 0.717) is 6.42 Å². The summed E-state index contributed by atoms with van der Waals surface area (Å²) in [7, 11) is 1.61. The minimum Gasteiger partial charge on any atom is -0.390 e. The molecule has 1 aromatic rings. The summed E-state index contributed by atoms with van der Waals surface area (Å²) in [5.74, 6) is 0. The average molecular weight is 229 g/mol. The third-order valence-corrected chi connectivity index (χ3v) is 3.86. The van der Waals surface area contributed by atoms with Gasteiger partial charge in [-0.15, -0.1) is 11.3 Å². The van der Waals surface area contributed by atoms with Crippen molar-refractivity contribution in [3.8, 4) is 0 Å². The van der Waals surface area contributed by atoms with E-state index in [1.807, 2.05) is 27.7 Å². The topological polar surface area (TPSA) is 42.4 Å². The third kappa shape index (κ3) is 3.00. The Kier molecular flexibility index (Phi) is 3.87. The van der Waals surface area contributed by atoms with Crippen LogP contribution in [0.25, 0.3) is 0 Å². The minimum atomic E-state index is -0.521. The van der Waals surface area contributed by atoms with Crippen LogP contribution in [-0.4, -0.2) is 28.9 Å². The maximum Gasteiger partial charge on any atom is 0.0957 e. The summed E-state index contributed by atoms with van der Waals surface area (Å²) in [6.45, 7) is 7.80. The number of hydrogen-bond acceptors (Lipinski definition) is 4. The first-order chi connectivity index (χ1) is 6.86. The van der Waals surface area contributed by atoms with Gasteiger partial charge >= 0.3 is 0 Å². The second kappa shape index (κ2) is 4.60. The van der Waals surface area contributed by atoms with Gasteiger partial charge in [-0.2, -0.15) is 0 Å². The van der Waals surface area contributed by atoms with Crippen LogP contribution < -0.4 is 0 Å². The van der Waals surface area contributed by atoms with Crippen LogP contribution in [0, 0.1) is 13.8 Å². The van der Waals surface area contributed by atoms with Crippen molar-refractivity contribution >= 4 is 11.3 Å². The Labute approximate surface area is 95.1 Å². The van der Waals surface area contributed by atoms with Crippen LogP contribution in [0.3, 0.4) is 0 Å². The number of ether oxygens (including phenoxy) is 1. The van der Waals surface area contributed by atoms with Gasteiger partial charge in [0.25, 0.3) is 0 Å². The zero-order valence-electron chi connectivity index (χ0n) is 10.00. The number of thiazole rings is 1. The maximum atomic E-state index is 9.97. The SMILES string of the molecule is COC(C)(C)C(O)Cc1nc(C)c(C)s1. The van der Waals surface area contributed by atoms with Gasteiger partial charge in [0.1, 0.15) is 0 Å². The van der Waals surface area contributed by atoms with Crippen LogP contribution in [0.5, 0.6) is 0 Å². The Morgan fingerprint density at radius 2 is 2.07 bits per heavy atom. The van der Waals surface area contributed by atoms with Gasteiger partial charge in [-0.25, -0.2) is 4.98 Å². The lowest BCUT2D eigenvalue weighted by atomic mass is 9.99. The highest BCUT2D eigenvalue weighted by atomic mass is 32.1. The molecule has 0 bridgehead atoms. The Bertz CT molecular complexity index is 314. The molecule has 0 fully saturated rings. The van der Waals surface area contributed by atoms with Crippen LogP contribution >= 0.6 is 11.3 Å². The number of aliphatic hydroxyl groups excluding tert-OH is 1. The zero-order valence-corrected chi connectivity index (χ0v) is 10.8. The lowest BCUT2D eigenvalue weighted by Gasteiger charge is -2.28. The minimum absolute atomic E-state index is 0.520. The van der Waals surface area contributed by atoms with E-state index in [1.54, 1.807) is 18.4 Å². The number of aromatic nitrogens is 1. The molecule has 0 amide bonds. The Hall–Kier alpha value is -0.450.